The molecule has 0 bridgehead atoms. The van der Waals surface area contributed by atoms with Crippen LogP contribution in [0.4, 0.5) is 5.13 Å². The summed E-state index contributed by atoms with van der Waals surface area (Å²) in [4.78, 5) is 5.73. The molecule has 2 N–H and O–H groups in total. The van der Waals surface area contributed by atoms with E-state index in [9.17, 15) is 0 Å². The molecule has 18 heavy (non-hydrogen) atoms. The number of rotatable bonds is 1. The highest BCUT2D eigenvalue weighted by atomic mass is 79.9. The molecule has 1 aromatic heterocycles. The number of nitrogens with two attached hydrogens (primary N) is 1. The van der Waals surface area contributed by atoms with E-state index in [2.05, 4.69) is 27.0 Å². The lowest BCUT2D eigenvalue weighted by Gasteiger charge is -2.22. The Kier molecular flexibility index (Phi) is 3.34. The average molecular weight is 344 g/mol. The summed E-state index contributed by atoms with van der Waals surface area (Å²) in [5, 5.41) is 1.43. The standard InChI is InChI=1S/C13H12BrClN2S/c14-11-7(3-1-5-9(11)15)8-4-2-6-10-12(8)18-13(16)17-10/h1,3,5,8H,2,4,6H2,(H2,16,17). The van der Waals surface area contributed by atoms with E-state index in [4.69, 9.17) is 17.3 Å². The van der Waals surface area contributed by atoms with Gasteiger partial charge in [-0.15, -0.1) is 11.3 Å². The van der Waals surface area contributed by atoms with Crippen LogP contribution in [0.25, 0.3) is 0 Å². The molecule has 2 aromatic rings. The summed E-state index contributed by atoms with van der Waals surface area (Å²) in [5.41, 5.74) is 8.25. The van der Waals surface area contributed by atoms with Crippen LogP contribution < -0.4 is 5.73 Å². The molecule has 1 aliphatic carbocycles. The van der Waals surface area contributed by atoms with Crippen molar-refractivity contribution < 1.29 is 0 Å². The highest BCUT2D eigenvalue weighted by molar-refractivity contribution is 9.10. The van der Waals surface area contributed by atoms with Gasteiger partial charge in [0.05, 0.1) is 10.7 Å². The molecular weight excluding hydrogens is 332 g/mol. The lowest BCUT2D eigenvalue weighted by molar-refractivity contribution is 0.616. The summed E-state index contributed by atoms with van der Waals surface area (Å²) < 4.78 is 0.997. The minimum Gasteiger partial charge on any atom is -0.375 e. The average Bonchev–Trinajstić information content (AvgIpc) is 2.73. The van der Waals surface area contributed by atoms with E-state index in [0.29, 0.717) is 11.0 Å². The second-order valence-electron chi connectivity index (χ2n) is 4.45. The number of aryl methyl sites for hydroxylation is 1. The van der Waals surface area contributed by atoms with Crippen molar-refractivity contribution in [1.82, 2.24) is 4.98 Å². The first kappa shape index (κ1) is 12.5. The topological polar surface area (TPSA) is 38.9 Å². The summed E-state index contributed by atoms with van der Waals surface area (Å²) in [6.07, 6.45) is 3.32. The summed E-state index contributed by atoms with van der Waals surface area (Å²) >= 11 is 11.4. The summed E-state index contributed by atoms with van der Waals surface area (Å²) in [5.74, 6) is 0.372. The van der Waals surface area contributed by atoms with Gasteiger partial charge in [0.15, 0.2) is 5.13 Å². The fraction of sp³-hybridized carbons (Fsp3) is 0.308. The molecule has 0 saturated heterocycles. The number of benzene rings is 1. The zero-order valence-corrected chi connectivity index (χ0v) is 12.8. The largest absolute Gasteiger partial charge is 0.375 e. The number of hydrogen-bond donors (Lipinski definition) is 1. The normalized spacial score (nSPS) is 18.7. The molecule has 1 aromatic carbocycles. The third kappa shape index (κ3) is 2.06. The van der Waals surface area contributed by atoms with Crippen molar-refractivity contribution in [3.05, 3.63) is 43.8 Å². The predicted octanol–water partition coefficient (Wildman–Crippen LogP) is 4.61. The van der Waals surface area contributed by atoms with Crippen molar-refractivity contribution in [1.29, 1.82) is 0 Å². The first-order chi connectivity index (χ1) is 8.66. The monoisotopic (exact) mass is 342 g/mol. The van der Waals surface area contributed by atoms with Crippen LogP contribution >= 0.6 is 38.9 Å². The number of hydrogen-bond acceptors (Lipinski definition) is 3. The van der Waals surface area contributed by atoms with Gasteiger partial charge in [-0.3, -0.25) is 0 Å². The Hall–Kier alpha value is -0.580. The number of nitrogens with zero attached hydrogens (tertiary/aromatic N) is 1. The lowest BCUT2D eigenvalue weighted by atomic mass is 9.86. The molecule has 0 saturated carbocycles. The molecule has 0 fully saturated rings. The van der Waals surface area contributed by atoms with Gasteiger partial charge in [0.25, 0.3) is 0 Å². The van der Waals surface area contributed by atoms with Gasteiger partial charge in [-0.1, -0.05) is 23.7 Å². The molecule has 1 unspecified atom stereocenters. The number of nitrogen functional groups attached to an aromatic ring is 1. The van der Waals surface area contributed by atoms with Crippen molar-refractivity contribution in [2.24, 2.45) is 0 Å². The van der Waals surface area contributed by atoms with Crippen molar-refractivity contribution in [3.8, 4) is 0 Å². The minimum absolute atomic E-state index is 0.372. The highest BCUT2D eigenvalue weighted by Crippen LogP contribution is 2.44. The lowest BCUT2D eigenvalue weighted by Crippen LogP contribution is -2.09. The molecule has 5 heteroatoms. The van der Waals surface area contributed by atoms with Crippen LogP contribution in [-0.2, 0) is 6.42 Å². The van der Waals surface area contributed by atoms with Gasteiger partial charge >= 0.3 is 0 Å². The van der Waals surface area contributed by atoms with E-state index in [1.807, 2.05) is 12.1 Å². The molecule has 0 spiro atoms. The first-order valence-corrected chi connectivity index (χ1v) is 7.84. The summed E-state index contributed by atoms with van der Waals surface area (Å²) in [6.45, 7) is 0. The Labute approximate surface area is 123 Å². The van der Waals surface area contributed by atoms with E-state index < -0.39 is 0 Å². The zero-order chi connectivity index (χ0) is 12.7. The number of fused-ring (bicyclic) bond motifs is 1. The molecule has 1 aliphatic rings. The van der Waals surface area contributed by atoms with Crippen molar-refractivity contribution in [2.75, 3.05) is 5.73 Å². The minimum atomic E-state index is 0.372. The van der Waals surface area contributed by atoms with Gasteiger partial charge in [0.2, 0.25) is 0 Å². The number of thiazole rings is 1. The van der Waals surface area contributed by atoms with Crippen molar-refractivity contribution >= 4 is 44.0 Å². The molecule has 3 rings (SSSR count). The van der Waals surface area contributed by atoms with Crippen LogP contribution in [0.2, 0.25) is 5.02 Å². The van der Waals surface area contributed by atoms with Crippen molar-refractivity contribution in [3.63, 3.8) is 0 Å². The Balaban J connectivity index is 2.11. The second-order valence-corrected chi connectivity index (χ2v) is 6.71. The molecule has 94 valence electrons. The van der Waals surface area contributed by atoms with Crippen LogP contribution in [-0.4, -0.2) is 4.98 Å². The Morgan fingerprint density at radius 3 is 3.11 bits per heavy atom. The highest BCUT2D eigenvalue weighted by Gasteiger charge is 2.27. The van der Waals surface area contributed by atoms with E-state index in [1.54, 1.807) is 11.3 Å². The van der Waals surface area contributed by atoms with Crippen LogP contribution in [0.5, 0.6) is 0 Å². The van der Waals surface area contributed by atoms with E-state index in [0.717, 1.165) is 28.8 Å². The van der Waals surface area contributed by atoms with Gasteiger partial charge in [-0.05, 0) is 46.8 Å². The maximum atomic E-state index is 6.18. The molecule has 0 amide bonds. The third-order valence-corrected chi connectivity index (χ3v) is 5.79. The first-order valence-electron chi connectivity index (χ1n) is 5.86. The van der Waals surface area contributed by atoms with Crippen LogP contribution in [0.3, 0.4) is 0 Å². The maximum absolute atomic E-state index is 6.18. The van der Waals surface area contributed by atoms with Gasteiger partial charge in [-0.2, -0.15) is 0 Å². The molecule has 0 radical (unpaired) electrons. The SMILES string of the molecule is Nc1nc2c(s1)C(c1cccc(Cl)c1Br)CCC2. The summed E-state index contributed by atoms with van der Waals surface area (Å²) in [6, 6.07) is 6.03. The van der Waals surface area contributed by atoms with E-state index in [-0.39, 0.29) is 0 Å². The molecule has 1 heterocycles. The van der Waals surface area contributed by atoms with E-state index >= 15 is 0 Å². The quantitative estimate of drug-likeness (QED) is 0.821. The zero-order valence-electron chi connectivity index (χ0n) is 9.62. The smallest absolute Gasteiger partial charge is 0.180 e. The van der Waals surface area contributed by atoms with Gasteiger partial charge in [0, 0.05) is 15.3 Å². The number of anilines is 1. The molecule has 2 nitrogen and oxygen atoms in total. The Morgan fingerprint density at radius 1 is 1.44 bits per heavy atom. The Bertz CT molecular complexity index is 597. The second kappa shape index (κ2) is 4.83. The van der Waals surface area contributed by atoms with E-state index in [1.165, 1.54) is 16.1 Å². The van der Waals surface area contributed by atoms with Crippen LogP contribution in [0, 0.1) is 0 Å². The predicted molar refractivity (Wildman–Crippen MR) is 80.5 cm³/mol. The van der Waals surface area contributed by atoms with Gasteiger partial charge in [-0.25, -0.2) is 4.98 Å². The van der Waals surface area contributed by atoms with Crippen LogP contribution in [0.1, 0.15) is 34.9 Å². The number of halogens is 2. The van der Waals surface area contributed by atoms with Crippen molar-refractivity contribution in [2.45, 2.75) is 25.2 Å². The summed E-state index contributed by atoms with van der Waals surface area (Å²) in [7, 11) is 0. The van der Waals surface area contributed by atoms with Gasteiger partial charge in [0.1, 0.15) is 0 Å². The Morgan fingerprint density at radius 2 is 2.28 bits per heavy atom. The third-order valence-electron chi connectivity index (χ3n) is 3.32. The number of aromatic nitrogens is 1. The molecule has 1 atom stereocenters. The van der Waals surface area contributed by atoms with Gasteiger partial charge < -0.3 is 5.73 Å². The fourth-order valence-corrected chi connectivity index (χ4v) is 4.28. The fourth-order valence-electron chi connectivity index (χ4n) is 2.52. The molecular formula is C13H12BrClN2S. The van der Waals surface area contributed by atoms with Crippen LogP contribution in [0.15, 0.2) is 22.7 Å². The maximum Gasteiger partial charge on any atom is 0.180 e. The molecule has 0 aliphatic heterocycles.